The third kappa shape index (κ3) is 5.06. The molecule has 2 N–H and O–H groups in total. The number of nitrogens with zero attached hydrogens (tertiary/aromatic N) is 1. The first kappa shape index (κ1) is 15.6. The molecule has 2 amide bonds. The summed E-state index contributed by atoms with van der Waals surface area (Å²) in [5.74, 6) is 0. The molecule has 0 aromatic heterocycles. The lowest BCUT2D eigenvalue weighted by Gasteiger charge is -2.24. The van der Waals surface area contributed by atoms with Crippen molar-refractivity contribution in [1.82, 2.24) is 10.2 Å². The summed E-state index contributed by atoms with van der Waals surface area (Å²) in [6.07, 6.45) is 7.54. The van der Waals surface area contributed by atoms with Crippen molar-refractivity contribution in [2.45, 2.75) is 50.3 Å². The maximum Gasteiger partial charge on any atom is 0.317 e. The summed E-state index contributed by atoms with van der Waals surface area (Å²) in [7, 11) is 0. The highest BCUT2D eigenvalue weighted by Gasteiger charge is 2.26. The molecule has 2 unspecified atom stereocenters. The summed E-state index contributed by atoms with van der Waals surface area (Å²) in [4.78, 5) is 13.8. The van der Waals surface area contributed by atoms with E-state index in [0.29, 0.717) is 17.8 Å². The van der Waals surface area contributed by atoms with Crippen LogP contribution in [0.15, 0.2) is 0 Å². The second-order valence-electron chi connectivity index (χ2n) is 4.88. The highest BCUT2D eigenvalue weighted by atomic mass is 32.2. The lowest BCUT2D eigenvalue weighted by Crippen LogP contribution is -2.45. The van der Waals surface area contributed by atoms with Crippen LogP contribution in [0.1, 0.15) is 39.0 Å². The zero-order chi connectivity index (χ0) is 13.4. The third-order valence-corrected chi connectivity index (χ3v) is 4.58. The zero-order valence-electron chi connectivity index (χ0n) is 11.5. The Morgan fingerprint density at radius 1 is 1.44 bits per heavy atom. The van der Waals surface area contributed by atoms with Crippen molar-refractivity contribution in [1.29, 1.82) is 0 Å². The fraction of sp³-hybridized carbons (Fsp3) is 0.923. The van der Waals surface area contributed by atoms with E-state index in [4.69, 9.17) is 5.11 Å². The monoisotopic (exact) mass is 274 g/mol. The summed E-state index contributed by atoms with van der Waals surface area (Å²) in [6.45, 7) is 3.32. The van der Waals surface area contributed by atoms with Crippen molar-refractivity contribution in [3.63, 3.8) is 0 Å². The predicted molar refractivity (Wildman–Crippen MR) is 77.0 cm³/mol. The molecule has 18 heavy (non-hydrogen) atoms. The van der Waals surface area contributed by atoms with Gasteiger partial charge in [0.25, 0.3) is 0 Å². The fourth-order valence-corrected chi connectivity index (χ4v) is 3.13. The Kier molecular flexibility index (Phi) is 7.51. The Morgan fingerprint density at radius 3 is 2.78 bits per heavy atom. The largest absolute Gasteiger partial charge is 0.395 e. The molecular formula is C13H26N2O2S. The number of carbonyl (C=O) groups excluding carboxylic acids is 1. The van der Waals surface area contributed by atoms with Gasteiger partial charge in [-0.2, -0.15) is 11.8 Å². The van der Waals surface area contributed by atoms with Crippen LogP contribution in [0.3, 0.4) is 0 Å². The van der Waals surface area contributed by atoms with Gasteiger partial charge in [-0.15, -0.1) is 0 Å². The van der Waals surface area contributed by atoms with Gasteiger partial charge in [0, 0.05) is 24.4 Å². The number of rotatable bonds is 7. The number of unbranched alkanes of at least 4 members (excludes halogenated alkanes) is 1. The normalized spacial score (nSPS) is 23.1. The summed E-state index contributed by atoms with van der Waals surface area (Å²) in [5, 5.41) is 12.8. The van der Waals surface area contributed by atoms with Gasteiger partial charge >= 0.3 is 6.03 Å². The number of thioether (sulfide) groups is 1. The van der Waals surface area contributed by atoms with Gasteiger partial charge in [-0.25, -0.2) is 4.79 Å². The van der Waals surface area contributed by atoms with Gasteiger partial charge in [-0.05, 0) is 31.9 Å². The summed E-state index contributed by atoms with van der Waals surface area (Å²) < 4.78 is 0. The molecule has 106 valence electrons. The Morgan fingerprint density at radius 2 is 2.22 bits per heavy atom. The molecule has 1 aliphatic rings. The predicted octanol–water partition coefficient (Wildman–Crippen LogP) is 2.07. The minimum absolute atomic E-state index is 0.00995. The molecule has 0 spiro atoms. The Labute approximate surface area is 115 Å². The van der Waals surface area contributed by atoms with Crippen LogP contribution in [-0.4, -0.2) is 53.3 Å². The molecule has 0 saturated heterocycles. The van der Waals surface area contributed by atoms with Crippen LogP contribution < -0.4 is 5.32 Å². The van der Waals surface area contributed by atoms with Crippen molar-refractivity contribution in [2.24, 2.45) is 0 Å². The SMILES string of the molecule is CCCCN(CCO)C(=O)NC1CCC(SC)C1. The molecule has 1 rings (SSSR count). The fourth-order valence-electron chi connectivity index (χ4n) is 2.34. The van der Waals surface area contributed by atoms with Gasteiger partial charge < -0.3 is 15.3 Å². The number of nitrogens with one attached hydrogen (secondary N) is 1. The topological polar surface area (TPSA) is 52.6 Å². The molecule has 1 saturated carbocycles. The molecular weight excluding hydrogens is 248 g/mol. The van der Waals surface area contributed by atoms with Crippen molar-refractivity contribution in [3.05, 3.63) is 0 Å². The minimum atomic E-state index is -0.00995. The average Bonchev–Trinajstić information content (AvgIpc) is 2.82. The van der Waals surface area contributed by atoms with Gasteiger partial charge in [0.15, 0.2) is 0 Å². The Hall–Kier alpha value is -0.420. The molecule has 1 aliphatic carbocycles. The van der Waals surface area contributed by atoms with Gasteiger partial charge in [0.05, 0.1) is 6.61 Å². The lowest BCUT2D eigenvalue weighted by molar-refractivity contribution is 0.173. The number of carbonyl (C=O) groups is 1. The smallest absolute Gasteiger partial charge is 0.317 e. The molecule has 0 aromatic carbocycles. The molecule has 0 heterocycles. The van der Waals surface area contributed by atoms with Crippen molar-refractivity contribution < 1.29 is 9.90 Å². The second kappa shape index (κ2) is 8.64. The molecule has 4 nitrogen and oxygen atoms in total. The summed E-state index contributed by atoms with van der Waals surface area (Å²) in [6, 6.07) is 0.307. The van der Waals surface area contributed by atoms with Gasteiger partial charge in [-0.3, -0.25) is 0 Å². The van der Waals surface area contributed by atoms with Crippen molar-refractivity contribution in [3.8, 4) is 0 Å². The van der Waals surface area contributed by atoms with E-state index in [-0.39, 0.29) is 12.6 Å². The maximum atomic E-state index is 12.1. The average molecular weight is 274 g/mol. The first-order chi connectivity index (χ1) is 8.71. The lowest BCUT2D eigenvalue weighted by atomic mass is 10.2. The van der Waals surface area contributed by atoms with Gasteiger partial charge in [-0.1, -0.05) is 13.3 Å². The second-order valence-corrected chi connectivity index (χ2v) is 6.02. The minimum Gasteiger partial charge on any atom is -0.395 e. The zero-order valence-corrected chi connectivity index (χ0v) is 12.3. The van der Waals surface area contributed by atoms with Gasteiger partial charge in [0.2, 0.25) is 0 Å². The molecule has 0 aliphatic heterocycles. The van der Waals surface area contributed by atoms with E-state index in [1.54, 1.807) is 4.90 Å². The van der Waals surface area contributed by atoms with E-state index in [1.165, 1.54) is 6.42 Å². The number of hydrogen-bond acceptors (Lipinski definition) is 3. The van der Waals surface area contributed by atoms with Crippen LogP contribution in [0.25, 0.3) is 0 Å². The van der Waals surface area contributed by atoms with Crippen molar-refractivity contribution in [2.75, 3.05) is 26.0 Å². The van der Waals surface area contributed by atoms with Crippen molar-refractivity contribution >= 4 is 17.8 Å². The summed E-state index contributed by atoms with van der Waals surface area (Å²) >= 11 is 1.89. The molecule has 5 heteroatoms. The molecule has 0 aromatic rings. The molecule has 0 bridgehead atoms. The maximum absolute atomic E-state index is 12.1. The van der Waals surface area contributed by atoms with E-state index in [2.05, 4.69) is 18.5 Å². The van der Waals surface area contributed by atoms with E-state index in [0.717, 1.165) is 32.2 Å². The van der Waals surface area contributed by atoms with E-state index in [1.807, 2.05) is 11.8 Å². The first-order valence-corrected chi connectivity index (χ1v) is 8.19. The van der Waals surface area contributed by atoms with E-state index < -0.39 is 0 Å². The number of aliphatic hydroxyl groups excluding tert-OH is 1. The van der Waals surface area contributed by atoms with Crippen LogP contribution in [0.5, 0.6) is 0 Å². The number of hydrogen-bond donors (Lipinski definition) is 2. The Bertz CT molecular complexity index is 251. The van der Waals surface area contributed by atoms with Crippen LogP contribution in [0, 0.1) is 0 Å². The number of amides is 2. The van der Waals surface area contributed by atoms with Crippen LogP contribution in [-0.2, 0) is 0 Å². The Balaban J connectivity index is 2.36. The molecule has 0 radical (unpaired) electrons. The highest BCUT2D eigenvalue weighted by Crippen LogP contribution is 2.28. The third-order valence-electron chi connectivity index (χ3n) is 3.48. The highest BCUT2D eigenvalue weighted by molar-refractivity contribution is 7.99. The number of urea groups is 1. The standard InChI is InChI=1S/C13H26N2O2S/c1-3-4-7-15(8-9-16)13(17)14-11-5-6-12(10-11)18-2/h11-12,16H,3-10H2,1-2H3,(H,14,17). The summed E-state index contributed by atoms with van der Waals surface area (Å²) in [5.41, 5.74) is 0. The molecule has 1 fully saturated rings. The quantitative estimate of drug-likeness (QED) is 0.747. The van der Waals surface area contributed by atoms with Crippen LogP contribution in [0.2, 0.25) is 0 Å². The molecule has 2 atom stereocenters. The van der Waals surface area contributed by atoms with Crippen LogP contribution >= 0.6 is 11.8 Å². The number of aliphatic hydroxyl groups is 1. The van der Waals surface area contributed by atoms with Crippen LogP contribution in [0.4, 0.5) is 4.79 Å². The first-order valence-electron chi connectivity index (χ1n) is 6.90. The van der Waals surface area contributed by atoms with E-state index >= 15 is 0 Å². The van der Waals surface area contributed by atoms with Gasteiger partial charge in [0.1, 0.15) is 0 Å². The van der Waals surface area contributed by atoms with E-state index in [9.17, 15) is 4.79 Å².